The lowest BCUT2D eigenvalue weighted by Crippen LogP contribution is -2.54. The summed E-state index contributed by atoms with van der Waals surface area (Å²) in [6, 6.07) is 20.5. The van der Waals surface area contributed by atoms with Gasteiger partial charge in [0.25, 0.3) is 0 Å². The van der Waals surface area contributed by atoms with Crippen LogP contribution in [0.1, 0.15) is 56.7 Å². The van der Waals surface area contributed by atoms with Crippen molar-refractivity contribution in [2.24, 2.45) is 0 Å². The molecule has 0 aromatic heterocycles. The van der Waals surface area contributed by atoms with Gasteiger partial charge in [0, 0.05) is 19.0 Å². The molecule has 1 N–H and O–H groups in total. The molecule has 7 nitrogen and oxygen atoms in total. The first kappa shape index (κ1) is 33.4. The Morgan fingerprint density at radius 1 is 0.881 bits per heavy atom. The second-order valence-corrected chi connectivity index (χ2v) is 13.5. The molecule has 0 unspecified atom stereocenters. The van der Waals surface area contributed by atoms with E-state index in [2.05, 4.69) is 5.32 Å². The van der Waals surface area contributed by atoms with E-state index >= 15 is 0 Å². The highest BCUT2D eigenvalue weighted by Gasteiger charge is 2.34. The molecule has 0 saturated heterocycles. The van der Waals surface area contributed by atoms with Crippen molar-refractivity contribution in [2.45, 2.75) is 65.1 Å². The predicted molar refractivity (Wildman–Crippen MR) is 172 cm³/mol. The SMILES string of the molecule is CC[C@@H](C)NC(=O)[C@H](Cc1ccccc1)N(Cc1ccc(Cl)c(Cl)c1)C(=O)CN(c1ccccc1C(C)C)S(C)(=O)=O. The number of benzene rings is 3. The molecule has 10 heteroatoms. The van der Waals surface area contributed by atoms with Crippen LogP contribution in [0.25, 0.3) is 0 Å². The third-order valence-electron chi connectivity index (χ3n) is 7.12. The van der Waals surface area contributed by atoms with Crippen molar-refractivity contribution < 1.29 is 18.0 Å². The number of hydrogen-bond acceptors (Lipinski definition) is 4. The summed E-state index contributed by atoms with van der Waals surface area (Å²) in [5, 5.41) is 3.70. The molecule has 0 aliphatic heterocycles. The molecule has 0 aliphatic carbocycles. The Labute approximate surface area is 259 Å². The number of nitrogens with one attached hydrogen (secondary N) is 1. The van der Waals surface area contributed by atoms with E-state index in [0.717, 1.165) is 21.7 Å². The number of para-hydroxylation sites is 1. The highest BCUT2D eigenvalue weighted by atomic mass is 35.5. The zero-order valence-electron chi connectivity index (χ0n) is 24.7. The fraction of sp³-hybridized carbons (Fsp3) is 0.375. The maximum Gasteiger partial charge on any atom is 0.244 e. The fourth-order valence-corrected chi connectivity index (χ4v) is 5.82. The molecule has 0 radical (unpaired) electrons. The molecule has 226 valence electrons. The molecule has 0 spiro atoms. The van der Waals surface area contributed by atoms with Crippen molar-refractivity contribution in [1.29, 1.82) is 0 Å². The largest absolute Gasteiger partial charge is 0.352 e. The van der Waals surface area contributed by atoms with Gasteiger partial charge in [-0.05, 0) is 54.2 Å². The summed E-state index contributed by atoms with van der Waals surface area (Å²) in [5.74, 6) is -0.833. The van der Waals surface area contributed by atoms with Gasteiger partial charge in [0.05, 0.1) is 22.0 Å². The zero-order chi connectivity index (χ0) is 31.0. The first-order valence-corrected chi connectivity index (χ1v) is 16.6. The Kier molecular flexibility index (Phi) is 11.9. The summed E-state index contributed by atoms with van der Waals surface area (Å²) in [5.41, 5.74) is 2.74. The maximum atomic E-state index is 14.3. The number of carbonyl (C=O) groups is 2. The van der Waals surface area contributed by atoms with Gasteiger partial charge in [-0.1, -0.05) is 98.6 Å². The molecule has 42 heavy (non-hydrogen) atoms. The van der Waals surface area contributed by atoms with Gasteiger partial charge < -0.3 is 10.2 Å². The second-order valence-electron chi connectivity index (χ2n) is 10.8. The predicted octanol–water partition coefficient (Wildman–Crippen LogP) is 6.44. The van der Waals surface area contributed by atoms with Crippen LogP contribution in [0, 0.1) is 0 Å². The minimum atomic E-state index is -3.87. The van der Waals surface area contributed by atoms with Crippen LogP contribution in [0.3, 0.4) is 0 Å². The molecule has 2 atom stereocenters. The van der Waals surface area contributed by atoms with Crippen LogP contribution in [0.4, 0.5) is 5.69 Å². The minimum Gasteiger partial charge on any atom is -0.352 e. The third-order valence-corrected chi connectivity index (χ3v) is 8.98. The number of hydrogen-bond donors (Lipinski definition) is 1. The van der Waals surface area contributed by atoms with Gasteiger partial charge in [-0.2, -0.15) is 0 Å². The quantitative estimate of drug-likeness (QED) is 0.235. The van der Waals surface area contributed by atoms with Gasteiger partial charge in [-0.3, -0.25) is 13.9 Å². The number of halogens is 2. The lowest BCUT2D eigenvalue weighted by molar-refractivity contribution is -0.140. The van der Waals surface area contributed by atoms with Gasteiger partial charge in [0.15, 0.2) is 0 Å². The standard InChI is InChI=1S/C32H39Cl2N3O4S/c1-6-23(4)35-32(39)30(19-24-12-8-7-9-13-24)36(20-25-16-17-27(33)28(34)18-25)31(38)21-37(42(5,40)41)29-15-11-10-14-26(29)22(2)3/h7-18,22-23,30H,6,19-21H2,1-5H3,(H,35,39)/t23-,30+/m1/s1. The van der Waals surface area contributed by atoms with Crippen LogP contribution < -0.4 is 9.62 Å². The Morgan fingerprint density at radius 2 is 1.52 bits per heavy atom. The number of sulfonamides is 1. The molecule has 0 heterocycles. The van der Waals surface area contributed by atoms with Crippen LogP contribution in [0.5, 0.6) is 0 Å². The molecule has 3 rings (SSSR count). The average molecular weight is 633 g/mol. The molecule has 0 aliphatic rings. The third kappa shape index (κ3) is 8.96. The summed E-state index contributed by atoms with van der Waals surface area (Å²) >= 11 is 12.5. The molecule has 2 amide bonds. The van der Waals surface area contributed by atoms with Crippen molar-refractivity contribution in [3.8, 4) is 0 Å². The van der Waals surface area contributed by atoms with E-state index in [1.165, 1.54) is 4.90 Å². The Hall–Kier alpha value is -3.07. The van der Waals surface area contributed by atoms with E-state index in [-0.39, 0.29) is 30.8 Å². The molecular formula is C32H39Cl2N3O4S. The summed E-state index contributed by atoms with van der Waals surface area (Å²) in [6.45, 7) is 7.33. The molecular weight excluding hydrogens is 593 g/mol. The first-order chi connectivity index (χ1) is 19.8. The number of rotatable bonds is 13. The Balaban J connectivity index is 2.12. The van der Waals surface area contributed by atoms with E-state index in [1.807, 2.05) is 70.2 Å². The van der Waals surface area contributed by atoms with Gasteiger partial charge in [-0.15, -0.1) is 0 Å². The summed E-state index contributed by atoms with van der Waals surface area (Å²) in [6.07, 6.45) is 2.02. The van der Waals surface area contributed by atoms with Crippen LogP contribution in [-0.4, -0.2) is 50.0 Å². The summed E-state index contributed by atoms with van der Waals surface area (Å²) in [7, 11) is -3.87. The van der Waals surface area contributed by atoms with Gasteiger partial charge in [-0.25, -0.2) is 8.42 Å². The fourth-order valence-electron chi connectivity index (χ4n) is 4.63. The smallest absolute Gasteiger partial charge is 0.244 e. The second kappa shape index (κ2) is 14.9. The van der Waals surface area contributed by atoms with Crippen LogP contribution in [-0.2, 0) is 32.6 Å². The van der Waals surface area contributed by atoms with Gasteiger partial charge in [0.1, 0.15) is 12.6 Å². The van der Waals surface area contributed by atoms with Crippen molar-refractivity contribution in [3.05, 3.63) is 99.5 Å². The maximum absolute atomic E-state index is 14.3. The lowest BCUT2D eigenvalue weighted by Gasteiger charge is -2.34. The Bertz CT molecular complexity index is 1480. The van der Waals surface area contributed by atoms with Crippen LogP contribution >= 0.6 is 23.2 Å². The number of carbonyl (C=O) groups excluding carboxylic acids is 2. The van der Waals surface area contributed by atoms with Gasteiger partial charge in [0.2, 0.25) is 21.8 Å². The summed E-state index contributed by atoms with van der Waals surface area (Å²) < 4.78 is 27.4. The highest BCUT2D eigenvalue weighted by molar-refractivity contribution is 7.92. The number of nitrogens with zero attached hydrogens (tertiary/aromatic N) is 2. The van der Waals surface area contributed by atoms with E-state index in [1.54, 1.807) is 30.3 Å². The molecule has 0 bridgehead atoms. The molecule has 0 saturated carbocycles. The normalized spacial score (nSPS) is 13.0. The highest BCUT2D eigenvalue weighted by Crippen LogP contribution is 2.30. The van der Waals surface area contributed by atoms with Crippen LogP contribution in [0.15, 0.2) is 72.8 Å². The molecule has 3 aromatic rings. The molecule has 3 aromatic carbocycles. The van der Waals surface area contributed by atoms with Crippen molar-refractivity contribution in [3.63, 3.8) is 0 Å². The number of anilines is 1. The van der Waals surface area contributed by atoms with E-state index in [0.29, 0.717) is 27.7 Å². The summed E-state index contributed by atoms with van der Waals surface area (Å²) in [4.78, 5) is 29.5. The topological polar surface area (TPSA) is 86.8 Å². The zero-order valence-corrected chi connectivity index (χ0v) is 27.0. The van der Waals surface area contributed by atoms with Crippen LogP contribution in [0.2, 0.25) is 10.0 Å². The van der Waals surface area contributed by atoms with E-state index in [9.17, 15) is 18.0 Å². The molecule has 0 fully saturated rings. The average Bonchev–Trinajstić information content (AvgIpc) is 2.95. The van der Waals surface area contributed by atoms with E-state index < -0.39 is 28.5 Å². The Morgan fingerprint density at radius 3 is 2.12 bits per heavy atom. The van der Waals surface area contributed by atoms with E-state index in [4.69, 9.17) is 23.2 Å². The van der Waals surface area contributed by atoms with Crippen molar-refractivity contribution in [1.82, 2.24) is 10.2 Å². The van der Waals surface area contributed by atoms with Crippen molar-refractivity contribution in [2.75, 3.05) is 17.1 Å². The first-order valence-electron chi connectivity index (χ1n) is 14.0. The number of amides is 2. The minimum absolute atomic E-state index is 0.0139. The monoisotopic (exact) mass is 631 g/mol. The van der Waals surface area contributed by atoms with Gasteiger partial charge >= 0.3 is 0 Å². The van der Waals surface area contributed by atoms with Crippen molar-refractivity contribution >= 4 is 50.7 Å². The lowest BCUT2D eigenvalue weighted by atomic mass is 10.0.